The molecule has 3 N–H and O–H groups in total. The molecule has 2 aliphatic rings. The second-order valence-electron chi connectivity index (χ2n) is 7.47. The van der Waals surface area contributed by atoms with Crippen molar-refractivity contribution in [1.29, 1.82) is 0 Å². The third-order valence-electron chi connectivity index (χ3n) is 5.02. The predicted molar refractivity (Wildman–Crippen MR) is 79.9 cm³/mol. The van der Waals surface area contributed by atoms with Crippen LogP contribution in [0.1, 0.15) is 59.8 Å². The summed E-state index contributed by atoms with van der Waals surface area (Å²) in [5, 5.41) is 11.7. The Kier molecular flexibility index (Phi) is 4.04. The van der Waals surface area contributed by atoms with E-state index in [4.69, 9.17) is 5.11 Å². The number of rotatable bonds is 4. The molecule has 2 bridgehead atoms. The maximum absolute atomic E-state index is 12.3. The number of fused-ring (bicyclic) bond motifs is 2. The van der Waals surface area contributed by atoms with Gasteiger partial charge in [0.2, 0.25) is 0 Å². The van der Waals surface area contributed by atoms with E-state index in [0.29, 0.717) is 0 Å². The molecule has 2 rings (SSSR count). The standard InChI is InChI=1S/C14H26N2O3S/c1-10(16-20(19)12(2,3)4)13-5-7-14(9-13,8-6-13)15-11(17)18/h10,15-16H,5-9H2,1-4H3,(H,17,18)/t10-,13?,14?,20?/m0/s1. The van der Waals surface area contributed by atoms with Crippen LogP contribution in [0.3, 0.4) is 0 Å². The Morgan fingerprint density at radius 2 is 1.85 bits per heavy atom. The van der Waals surface area contributed by atoms with E-state index in [9.17, 15) is 9.35 Å². The fourth-order valence-electron chi connectivity index (χ4n) is 3.70. The van der Waals surface area contributed by atoms with Crippen molar-refractivity contribution in [2.24, 2.45) is 5.41 Å². The Hall–Kier alpha value is -0.460. The minimum absolute atomic E-state index is 0.0867. The highest BCUT2D eigenvalue weighted by Crippen LogP contribution is 2.58. The molecule has 0 aromatic heterocycles. The fourth-order valence-corrected chi connectivity index (χ4v) is 4.62. The van der Waals surface area contributed by atoms with Gasteiger partial charge in [-0.2, -0.15) is 0 Å². The largest absolute Gasteiger partial charge is 0.598 e. The third-order valence-corrected chi connectivity index (χ3v) is 6.70. The predicted octanol–water partition coefficient (Wildman–Crippen LogP) is 2.40. The highest BCUT2D eigenvalue weighted by molar-refractivity contribution is 7.90. The van der Waals surface area contributed by atoms with Crippen LogP contribution in [0, 0.1) is 5.41 Å². The topological polar surface area (TPSA) is 84.4 Å². The van der Waals surface area contributed by atoms with Crippen LogP contribution in [0.2, 0.25) is 0 Å². The second kappa shape index (κ2) is 5.07. The SMILES string of the molecule is C[C@H](N[S+]([O-])C(C)(C)C)C12CCC(NC(=O)O)(CC1)C2. The van der Waals surface area contributed by atoms with Gasteiger partial charge in [-0.15, -0.1) is 4.72 Å². The summed E-state index contributed by atoms with van der Waals surface area (Å²) in [5.74, 6) is 0. The number of carbonyl (C=O) groups is 1. The highest BCUT2D eigenvalue weighted by atomic mass is 32.2. The first-order chi connectivity index (χ1) is 9.09. The van der Waals surface area contributed by atoms with Crippen LogP contribution in [0.5, 0.6) is 0 Å². The molecular weight excluding hydrogens is 276 g/mol. The summed E-state index contributed by atoms with van der Waals surface area (Å²) in [4.78, 5) is 10.9. The average molecular weight is 302 g/mol. The van der Waals surface area contributed by atoms with Crippen LogP contribution in [0.25, 0.3) is 0 Å². The van der Waals surface area contributed by atoms with Gasteiger partial charge in [-0.25, -0.2) is 4.79 Å². The number of carboxylic acid groups (broad SMARTS) is 1. The lowest BCUT2D eigenvalue weighted by molar-refractivity contribution is 0.177. The van der Waals surface area contributed by atoms with Gasteiger partial charge in [0, 0.05) is 16.9 Å². The lowest BCUT2D eigenvalue weighted by Crippen LogP contribution is -2.49. The Bertz CT molecular complexity index is 386. The molecule has 1 amide bonds. The highest BCUT2D eigenvalue weighted by Gasteiger charge is 2.58. The van der Waals surface area contributed by atoms with Crippen molar-refractivity contribution in [2.45, 2.75) is 76.1 Å². The van der Waals surface area contributed by atoms with Gasteiger partial charge in [0.15, 0.2) is 0 Å². The van der Waals surface area contributed by atoms with Crippen molar-refractivity contribution in [3.8, 4) is 0 Å². The van der Waals surface area contributed by atoms with Gasteiger partial charge < -0.3 is 15.0 Å². The molecule has 2 aliphatic carbocycles. The summed E-state index contributed by atoms with van der Waals surface area (Å²) >= 11 is -1.08. The Morgan fingerprint density at radius 3 is 2.30 bits per heavy atom. The number of hydrogen-bond acceptors (Lipinski definition) is 3. The summed E-state index contributed by atoms with van der Waals surface area (Å²) in [7, 11) is 0. The fraction of sp³-hybridized carbons (Fsp3) is 0.929. The molecule has 2 atom stereocenters. The summed E-state index contributed by atoms with van der Waals surface area (Å²) in [6.07, 6.45) is 3.73. The molecule has 1 unspecified atom stereocenters. The maximum Gasteiger partial charge on any atom is 0.405 e. The van der Waals surface area contributed by atoms with Crippen molar-refractivity contribution in [3.63, 3.8) is 0 Å². The molecule has 0 aromatic rings. The van der Waals surface area contributed by atoms with Gasteiger partial charge in [0.25, 0.3) is 0 Å². The lowest BCUT2D eigenvalue weighted by atomic mass is 9.78. The minimum Gasteiger partial charge on any atom is -0.598 e. The molecule has 116 valence electrons. The van der Waals surface area contributed by atoms with Crippen LogP contribution in [0.15, 0.2) is 0 Å². The van der Waals surface area contributed by atoms with Gasteiger partial charge in [-0.1, -0.05) is 0 Å². The van der Waals surface area contributed by atoms with E-state index in [2.05, 4.69) is 17.0 Å². The zero-order chi connectivity index (χ0) is 15.2. The van der Waals surface area contributed by atoms with Crippen molar-refractivity contribution >= 4 is 17.5 Å². The molecule has 0 saturated heterocycles. The molecule has 0 aromatic carbocycles. The van der Waals surface area contributed by atoms with E-state index >= 15 is 0 Å². The molecule has 0 radical (unpaired) electrons. The first-order valence-corrected chi connectivity index (χ1v) is 8.43. The molecule has 0 heterocycles. The monoisotopic (exact) mass is 302 g/mol. The second-order valence-corrected chi connectivity index (χ2v) is 9.47. The third kappa shape index (κ3) is 2.92. The average Bonchev–Trinajstić information content (AvgIpc) is 2.83. The van der Waals surface area contributed by atoms with Crippen LogP contribution in [-0.4, -0.2) is 32.1 Å². The maximum atomic E-state index is 12.3. The van der Waals surface area contributed by atoms with E-state index in [0.717, 1.165) is 32.1 Å². The molecule has 5 nitrogen and oxygen atoms in total. The van der Waals surface area contributed by atoms with Crippen LogP contribution in [-0.2, 0) is 11.4 Å². The number of amides is 1. The van der Waals surface area contributed by atoms with Crippen molar-refractivity contribution in [2.75, 3.05) is 0 Å². The van der Waals surface area contributed by atoms with Crippen LogP contribution < -0.4 is 10.0 Å². The normalized spacial score (nSPS) is 35.9. The number of nitrogens with one attached hydrogen (secondary N) is 2. The molecular formula is C14H26N2O3S. The first kappa shape index (κ1) is 15.9. The smallest absolute Gasteiger partial charge is 0.405 e. The Morgan fingerprint density at radius 1 is 1.30 bits per heavy atom. The van der Waals surface area contributed by atoms with Crippen molar-refractivity contribution in [1.82, 2.24) is 10.0 Å². The Balaban J connectivity index is 2.02. The zero-order valence-electron chi connectivity index (χ0n) is 12.8. The van der Waals surface area contributed by atoms with Gasteiger partial charge in [-0.05, 0) is 65.2 Å². The van der Waals surface area contributed by atoms with E-state index in [1.807, 2.05) is 20.8 Å². The molecule has 6 heteroatoms. The quantitative estimate of drug-likeness (QED) is 0.696. The minimum atomic E-state index is -1.08. The summed E-state index contributed by atoms with van der Waals surface area (Å²) in [5.41, 5.74) is -0.158. The first-order valence-electron chi connectivity index (χ1n) is 7.28. The zero-order valence-corrected chi connectivity index (χ0v) is 13.6. The van der Waals surface area contributed by atoms with Gasteiger partial charge in [0.1, 0.15) is 4.75 Å². The van der Waals surface area contributed by atoms with E-state index in [-0.39, 0.29) is 21.7 Å². The van der Waals surface area contributed by atoms with Crippen molar-refractivity contribution in [3.05, 3.63) is 0 Å². The number of hydrogen-bond donors (Lipinski definition) is 3. The van der Waals surface area contributed by atoms with E-state index in [1.165, 1.54) is 0 Å². The summed E-state index contributed by atoms with van der Waals surface area (Å²) < 4.78 is 15.2. The molecule has 2 saturated carbocycles. The molecule has 2 fully saturated rings. The summed E-state index contributed by atoms with van der Waals surface area (Å²) in [6, 6.07) is 0.141. The molecule has 20 heavy (non-hydrogen) atoms. The van der Waals surface area contributed by atoms with Crippen LogP contribution in [0.4, 0.5) is 4.79 Å². The van der Waals surface area contributed by atoms with Gasteiger partial charge in [-0.3, -0.25) is 0 Å². The Labute approximate surface area is 124 Å². The van der Waals surface area contributed by atoms with Crippen molar-refractivity contribution < 1.29 is 14.5 Å². The van der Waals surface area contributed by atoms with E-state index < -0.39 is 17.5 Å². The lowest BCUT2D eigenvalue weighted by Gasteiger charge is -2.36. The van der Waals surface area contributed by atoms with Gasteiger partial charge >= 0.3 is 6.09 Å². The van der Waals surface area contributed by atoms with E-state index in [1.54, 1.807) is 0 Å². The van der Waals surface area contributed by atoms with Gasteiger partial charge in [0.05, 0.1) is 6.04 Å². The summed E-state index contributed by atoms with van der Waals surface area (Å²) in [6.45, 7) is 7.96. The molecule has 0 aliphatic heterocycles. The molecule has 0 spiro atoms. The van der Waals surface area contributed by atoms with Crippen LogP contribution >= 0.6 is 0 Å².